The number of ether oxygens (including phenoxy) is 1. The van der Waals surface area contributed by atoms with Gasteiger partial charge in [0.1, 0.15) is 12.0 Å². The van der Waals surface area contributed by atoms with Crippen LogP contribution < -0.4 is 5.32 Å². The number of aromatic nitrogens is 3. The number of methoxy groups -OCH3 is 1. The summed E-state index contributed by atoms with van der Waals surface area (Å²) in [5, 5.41) is 21.5. The first-order valence-electron chi connectivity index (χ1n) is 5.96. The number of carbonyl (C=O) groups excluding carboxylic acids is 1. The summed E-state index contributed by atoms with van der Waals surface area (Å²) in [6.07, 6.45) is 1.52. The Morgan fingerprint density at radius 3 is 2.86 bits per heavy atom. The number of benzene rings is 1. The number of esters is 1. The summed E-state index contributed by atoms with van der Waals surface area (Å²) in [5.74, 6) is 0.0411. The molecule has 110 valence electrons. The standard InChI is InChI=1S/C12H13N5O4/c1-16-7-14-15-11(16)6-13-9-5-8(12(18)21-2)3-4-10(9)17(19)20/h3-5,7,13H,6H2,1-2H3. The van der Waals surface area contributed by atoms with Gasteiger partial charge < -0.3 is 14.6 Å². The van der Waals surface area contributed by atoms with E-state index in [4.69, 9.17) is 0 Å². The van der Waals surface area contributed by atoms with E-state index in [0.29, 0.717) is 5.82 Å². The van der Waals surface area contributed by atoms with Gasteiger partial charge in [0.05, 0.1) is 24.1 Å². The van der Waals surface area contributed by atoms with E-state index in [0.717, 1.165) is 0 Å². The summed E-state index contributed by atoms with van der Waals surface area (Å²) >= 11 is 0. The van der Waals surface area contributed by atoms with Gasteiger partial charge >= 0.3 is 5.97 Å². The lowest BCUT2D eigenvalue weighted by molar-refractivity contribution is -0.384. The quantitative estimate of drug-likeness (QED) is 0.499. The molecule has 21 heavy (non-hydrogen) atoms. The van der Waals surface area contributed by atoms with Crippen molar-refractivity contribution in [2.75, 3.05) is 12.4 Å². The Morgan fingerprint density at radius 2 is 2.29 bits per heavy atom. The van der Waals surface area contributed by atoms with Gasteiger partial charge in [0.15, 0.2) is 5.82 Å². The molecule has 2 aromatic rings. The summed E-state index contributed by atoms with van der Waals surface area (Å²) in [5.41, 5.74) is 0.305. The normalized spacial score (nSPS) is 10.2. The highest BCUT2D eigenvalue weighted by atomic mass is 16.6. The van der Waals surface area contributed by atoms with Gasteiger partial charge in [-0.15, -0.1) is 10.2 Å². The number of nitro groups is 1. The third-order valence-corrected chi connectivity index (χ3v) is 2.86. The SMILES string of the molecule is COC(=O)c1ccc([N+](=O)[O-])c(NCc2nncn2C)c1. The molecular formula is C12H13N5O4. The molecule has 0 aliphatic carbocycles. The van der Waals surface area contributed by atoms with E-state index in [1.165, 1.54) is 31.6 Å². The number of nitro benzene ring substituents is 1. The van der Waals surface area contributed by atoms with Crippen LogP contribution in [0.1, 0.15) is 16.2 Å². The van der Waals surface area contributed by atoms with E-state index in [2.05, 4.69) is 20.3 Å². The molecule has 2 rings (SSSR count). The molecule has 0 fully saturated rings. The average molecular weight is 291 g/mol. The Bertz CT molecular complexity index is 682. The summed E-state index contributed by atoms with van der Waals surface area (Å²) in [7, 11) is 3.01. The minimum absolute atomic E-state index is 0.134. The van der Waals surface area contributed by atoms with Gasteiger partial charge in [0, 0.05) is 13.1 Å². The number of aryl methyl sites for hydroxylation is 1. The van der Waals surface area contributed by atoms with Gasteiger partial charge in [-0.25, -0.2) is 4.79 Å². The lowest BCUT2D eigenvalue weighted by Crippen LogP contribution is -2.09. The molecule has 0 aliphatic heterocycles. The molecular weight excluding hydrogens is 278 g/mol. The lowest BCUT2D eigenvalue weighted by atomic mass is 10.1. The van der Waals surface area contributed by atoms with Crippen molar-refractivity contribution in [3.05, 3.63) is 46.0 Å². The second-order valence-electron chi connectivity index (χ2n) is 4.19. The van der Waals surface area contributed by atoms with Crippen LogP contribution in [-0.4, -0.2) is 32.8 Å². The molecule has 0 amide bonds. The highest BCUT2D eigenvalue weighted by Gasteiger charge is 2.17. The molecule has 1 heterocycles. The van der Waals surface area contributed by atoms with Crippen molar-refractivity contribution in [3.63, 3.8) is 0 Å². The van der Waals surface area contributed by atoms with Crippen LogP contribution in [0, 0.1) is 10.1 Å². The van der Waals surface area contributed by atoms with Crippen molar-refractivity contribution in [1.29, 1.82) is 0 Å². The van der Waals surface area contributed by atoms with Crippen molar-refractivity contribution < 1.29 is 14.5 Å². The zero-order chi connectivity index (χ0) is 15.4. The average Bonchev–Trinajstić information content (AvgIpc) is 2.89. The van der Waals surface area contributed by atoms with E-state index >= 15 is 0 Å². The zero-order valence-corrected chi connectivity index (χ0v) is 11.4. The van der Waals surface area contributed by atoms with Gasteiger partial charge in [0.25, 0.3) is 5.69 Å². The van der Waals surface area contributed by atoms with Crippen LogP contribution >= 0.6 is 0 Å². The highest BCUT2D eigenvalue weighted by molar-refractivity contribution is 5.91. The second-order valence-corrected chi connectivity index (χ2v) is 4.19. The molecule has 1 aromatic heterocycles. The number of nitrogens with one attached hydrogen (secondary N) is 1. The highest BCUT2D eigenvalue weighted by Crippen LogP contribution is 2.26. The van der Waals surface area contributed by atoms with Crippen LogP contribution in [0.5, 0.6) is 0 Å². The molecule has 0 radical (unpaired) electrons. The van der Waals surface area contributed by atoms with Crippen LogP contribution in [0.4, 0.5) is 11.4 Å². The lowest BCUT2D eigenvalue weighted by Gasteiger charge is -2.08. The molecule has 9 heteroatoms. The first-order valence-corrected chi connectivity index (χ1v) is 5.96. The van der Waals surface area contributed by atoms with Crippen molar-refractivity contribution >= 4 is 17.3 Å². The maximum absolute atomic E-state index is 11.5. The Kier molecular flexibility index (Phi) is 4.12. The molecule has 0 saturated heterocycles. The second kappa shape index (κ2) is 5.99. The molecule has 0 bridgehead atoms. The van der Waals surface area contributed by atoms with Crippen LogP contribution in [0.2, 0.25) is 0 Å². The van der Waals surface area contributed by atoms with Crippen molar-refractivity contribution in [3.8, 4) is 0 Å². The van der Waals surface area contributed by atoms with E-state index in [1.54, 1.807) is 11.6 Å². The molecule has 0 unspecified atom stereocenters. The van der Waals surface area contributed by atoms with E-state index in [-0.39, 0.29) is 23.5 Å². The summed E-state index contributed by atoms with van der Waals surface area (Å²) in [6.45, 7) is 0.238. The van der Waals surface area contributed by atoms with E-state index in [9.17, 15) is 14.9 Å². The number of rotatable bonds is 5. The van der Waals surface area contributed by atoms with Crippen LogP contribution in [-0.2, 0) is 18.3 Å². The van der Waals surface area contributed by atoms with Crippen molar-refractivity contribution in [2.24, 2.45) is 7.05 Å². The largest absolute Gasteiger partial charge is 0.465 e. The first kappa shape index (κ1) is 14.4. The van der Waals surface area contributed by atoms with Gasteiger partial charge in [0.2, 0.25) is 0 Å². The van der Waals surface area contributed by atoms with Gasteiger partial charge in [-0.05, 0) is 12.1 Å². The maximum atomic E-state index is 11.5. The van der Waals surface area contributed by atoms with Gasteiger partial charge in [-0.2, -0.15) is 0 Å². The van der Waals surface area contributed by atoms with Crippen molar-refractivity contribution in [1.82, 2.24) is 14.8 Å². The zero-order valence-electron chi connectivity index (χ0n) is 11.4. The fraction of sp³-hybridized carbons (Fsp3) is 0.250. The van der Waals surface area contributed by atoms with Gasteiger partial charge in [-0.3, -0.25) is 10.1 Å². The van der Waals surface area contributed by atoms with Crippen LogP contribution in [0.3, 0.4) is 0 Å². The Balaban J connectivity index is 2.28. The molecule has 1 N–H and O–H groups in total. The summed E-state index contributed by atoms with van der Waals surface area (Å²) in [6, 6.07) is 3.98. The smallest absolute Gasteiger partial charge is 0.337 e. The third-order valence-electron chi connectivity index (χ3n) is 2.86. The minimum Gasteiger partial charge on any atom is -0.465 e. The number of anilines is 1. The Labute approximate surface area is 119 Å². The predicted octanol–water partition coefficient (Wildman–Crippen LogP) is 1.12. The van der Waals surface area contributed by atoms with Gasteiger partial charge in [-0.1, -0.05) is 0 Å². The number of hydrogen-bond acceptors (Lipinski definition) is 7. The van der Waals surface area contributed by atoms with Crippen LogP contribution in [0.25, 0.3) is 0 Å². The monoisotopic (exact) mass is 291 g/mol. The number of carbonyl (C=O) groups is 1. The molecule has 0 atom stereocenters. The fourth-order valence-corrected chi connectivity index (χ4v) is 1.72. The van der Waals surface area contributed by atoms with Crippen molar-refractivity contribution in [2.45, 2.75) is 6.54 Å². The molecule has 1 aromatic carbocycles. The van der Waals surface area contributed by atoms with Crippen LogP contribution in [0.15, 0.2) is 24.5 Å². The van der Waals surface area contributed by atoms with E-state index < -0.39 is 10.9 Å². The van der Waals surface area contributed by atoms with E-state index in [1.807, 2.05) is 0 Å². The molecule has 0 spiro atoms. The third kappa shape index (κ3) is 3.14. The fourth-order valence-electron chi connectivity index (χ4n) is 1.72. The Morgan fingerprint density at radius 1 is 1.52 bits per heavy atom. The Hall–Kier alpha value is -2.97. The molecule has 9 nitrogen and oxygen atoms in total. The first-order chi connectivity index (χ1) is 10.0. The molecule has 0 aliphatic rings. The predicted molar refractivity (Wildman–Crippen MR) is 72.8 cm³/mol. The minimum atomic E-state index is -0.563. The summed E-state index contributed by atoms with van der Waals surface area (Å²) in [4.78, 5) is 22.0. The summed E-state index contributed by atoms with van der Waals surface area (Å²) < 4.78 is 6.28. The maximum Gasteiger partial charge on any atom is 0.337 e. The number of nitrogens with zero attached hydrogens (tertiary/aromatic N) is 4. The topological polar surface area (TPSA) is 112 Å². The number of hydrogen-bond donors (Lipinski definition) is 1. The molecule has 0 saturated carbocycles.